The third-order valence-corrected chi connectivity index (χ3v) is 6.62. The summed E-state index contributed by atoms with van der Waals surface area (Å²) in [6.07, 6.45) is 0. The molecule has 0 saturated heterocycles. The van der Waals surface area contributed by atoms with Gasteiger partial charge in [-0.3, -0.25) is 0 Å². The van der Waals surface area contributed by atoms with Crippen LogP contribution < -0.4 is 15.5 Å². The maximum Gasteiger partial charge on any atom is 0.379 e. The number of hydrogen-bond donors (Lipinski definition) is 0. The van der Waals surface area contributed by atoms with Crippen LogP contribution >= 0.6 is 6.49 Å². The van der Waals surface area contributed by atoms with E-state index in [1.54, 1.807) is 12.1 Å². The van der Waals surface area contributed by atoms with Crippen molar-refractivity contribution in [3.63, 3.8) is 0 Å². The first-order chi connectivity index (χ1) is 11.5. The van der Waals surface area contributed by atoms with Crippen molar-refractivity contribution in [3.05, 3.63) is 70.6 Å². The van der Waals surface area contributed by atoms with Crippen LogP contribution in [0.25, 0.3) is 11.0 Å². The number of fused-ring (bicyclic) bond motifs is 1. The molecule has 24 heavy (non-hydrogen) atoms. The summed E-state index contributed by atoms with van der Waals surface area (Å²) >= 11 is 5.66. The number of para-hydroxylation sites is 1. The third kappa shape index (κ3) is 3.44. The van der Waals surface area contributed by atoms with E-state index in [1.165, 1.54) is 0 Å². The second-order valence-corrected chi connectivity index (χ2v) is 8.67. The van der Waals surface area contributed by atoms with Crippen LogP contribution in [0.4, 0.5) is 0 Å². The average Bonchev–Trinajstić information content (AvgIpc) is 2.56. The number of benzene rings is 2. The Morgan fingerprint density at radius 3 is 2.54 bits per heavy atom. The van der Waals surface area contributed by atoms with Crippen molar-refractivity contribution in [2.75, 3.05) is 6.61 Å². The molecule has 0 bridgehead atoms. The molecular formula is C18H17O4PS. The number of hydrogen-bond acceptors (Lipinski definition) is 5. The van der Waals surface area contributed by atoms with Crippen LogP contribution in [-0.2, 0) is 16.3 Å². The predicted molar refractivity (Wildman–Crippen MR) is 99.8 cm³/mol. The molecule has 0 N–H and O–H groups in total. The lowest BCUT2D eigenvalue weighted by atomic mass is 10.2. The largest absolute Gasteiger partial charge is 0.432 e. The summed E-state index contributed by atoms with van der Waals surface area (Å²) in [6, 6.07) is 16.6. The van der Waals surface area contributed by atoms with Crippen LogP contribution in [0.5, 0.6) is 5.75 Å². The van der Waals surface area contributed by atoms with Gasteiger partial charge < -0.3 is 13.5 Å². The van der Waals surface area contributed by atoms with E-state index in [9.17, 15) is 4.79 Å². The quantitative estimate of drug-likeness (QED) is 0.505. The Bertz CT molecular complexity index is 963. The van der Waals surface area contributed by atoms with Gasteiger partial charge in [-0.1, -0.05) is 35.9 Å². The fourth-order valence-electron chi connectivity index (χ4n) is 2.29. The fraction of sp³-hybridized carbons (Fsp3) is 0.167. The van der Waals surface area contributed by atoms with E-state index in [0.29, 0.717) is 12.2 Å². The molecule has 0 saturated carbocycles. The SMILES string of the molecule is CCOP(=S)(Oc1cc2ccccc2oc1=O)c1ccc(C)cc1. The second-order valence-electron chi connectivity index (χ2n) is 5.28. The first kappa shape index (κ1) is 16.9. The van der Waals surface area contributed by atoms with Crippen molar-refractivity contribution in [3.8, 4) is 5.75 Å². The number of aryl methyl sites for hydroxylation is 1. The van der Waals surface area contributed by atoms with Crippen molar-refractivity contribution < 1.29 is 13.5 Å². The second kappa shape index (κ2) is 6.89. The van der Waals surface area contributed by atoms with Gasteiger partial charge in [-0.25, -0.2) is 4.79 Å². The van der Waals surface area contributed by atoms with Crippen molar-refractivity contribution in [1.29, 1.82) is 0 Å². The molecule has 124 valence electrons. The Morgan fingerprint density at radius 1 is 1.12 bits per heavy atom. The topological polar surface area (TPSA) is 48.7 Å². The molecule has 0 spiro atoms. The molecule has 2 aromatic carbocycles. The molecule has 1 aromatic heterocycles. The first-order valence-electron chi connectivity index (χ1n) is 7.56. The Labute approximate surface area is 145 Å². The standard InChI is InChI=1S/C18H17O4PS/c1-3-20-23(24,15-10-8-13(2)9-11-15)22-17-12-14-6-4-5-7-16(14)21-18(17)19/h4-12H,3H2,1-2H3. The lowest BCUT2D eigenvalue weighted by Crippen LogP contribution is -2.15. The minimum absolute atomic E-state index is 0.0751. The summed E-state index contributed by atoms with van der Waals surface area (Å²) in [7, 11) is 0. The maximum absolute atomic E-state index is 12.2. The van der Waals surface area contributed by atoms with Crippen LogP contribution in [0.2, 0.25) is 0 Å². The van der Waals surface area contributed by atoms with E-state index in [4.69, 9.17) is 25.3 Å². The van der Waals surface area contributed by atoms with Gasteiger partial charge in [0, 0.05) is 10.7 Å². The van der Waals surface area contributed by atoms with Crippen molar-refractivity contribution in [2.24, 2.45) is 0 Å². The molecule has 0 aliphatic carbocycles. The molecule has 0 radical (unpaired) electrons. The van der Waals surface area contributed by atoms with Crippen LogP contribution in [0.15, 0.2) is 63.8 Å². The van der Waals surface area contributed by atoms with Gasteiger partial charge in [0.05, 0.1) is 6.61 Å². The average molecular weight is 360 g/mol. The molecule has 6 heteroatoms. The van der Waals surface area contributed by atoms with E-state index >= 15 is 0 Å². The lowest BCUT2D eigenvalue weighted by molar-refractivity contribution is 0.335. The van der Waals surface area contributed by atoms with Gasteiger partial charge in [0.25, 0.3) is 6.49 Å². The smallest absolute Gasteiger partial charge is 0.379 e. The molecule has 0 aliphatic rings. The van der Waals surface area contributed by atoms with Gasteiger partial charge in [0.15, 0.2) is 0 Å². The fourth-order valence-corrected chi connectivity index (χ4v) is 4.76. The molecule has 0 aliphatic heterocycles. The van der Waals surface area contributed by atoms with Crippen LogP contribution in [-0.4, -0.2) is 6.61 Å². The summed E-state index contributed by atoms with van der Waals surface area (Å²) < 4.78 is 17.0. The van der Waals surface area contributed by atoms with Gasteiger partial charge in [0.1, 0.15) is 5.58 Å². The van der Waals surface area contributed by atoms with E-state index in [0.717, 1.165) is 16.3 Å². The zero-order valence-corrected chi connectivity index (χ0v) is 15.1. The first-order valence-corrected chi connectivity index (χ1v) is 10.2. The Kier molecular flexibility index (Phi) is 4.86. The van der Waals surface area contributed by atoms with E-state index < -0.39 is 12.1 Å². The molecule has 0 amide bonds. The molecule has 0 fully saturated rings. The summed E-state index contributed by atoms with van der Waals surface area (Å²) in [5, 5.41) is 1.53. The Balaban J connectivity index is 2.05. The van der Waals surface area contributed by atoms with Crippen molar-refractivity contribution in [2.45, 2.75) is 13.8 Å². The predicted octanol–water partition coefficient (Wildman–Crippen LogP) is 4.15. The van der Waals surface area contributed by atoms with Crippen LogP contribution in [0.1, 0.15) is 12.5 Å². The monoisotopic (exact) mass is 360 g/mol. The maximum atomic E-state index is 12.2. The summed E-state index contributed by atoms with van der Waals surface area (Å²) in [6.45, 7) is 1.39. The lowest BCUT2D eigenvalue weighted by Gasteiger charge is -2.22. The molecule has 1 unspecified atom stereocenters. The minimum atomic E-state index is -2.85. The third-order valence-electron chi connectivity index (χ3n) is 3.48. The van der Waals surface area contributed by atoms with Gasteiger partial charge in [-0.2, -0.15) is 0 Å². The zero-order valence-electron chi connectivity index (χ0n) is 13.4. The zero-order chi connectivity index (χ0) is 17.2. The highest BCUT2D eigenvalue weighted by Gasteiger charge is 2.25. The normalized spacial score (nSPS) is 13.6. The summed E-state index contributed by atoms with van der Waals surface area (Å²) in [4.78, 5) is 12.2. The van der Waals surface area contributed by atoms with Gasteiger partial charge in [0.2, 0.25) is 5.75 Å². The molecule has 3 aromatic rings. The molecule has 3 rings (SSSR count). The molecule has 4 nitrogen and oxygen atoms in total. The highest BCUT2D eigenvalue weighted by Crippen LogP contribution is 2.47. The minimum Gasteiger partial charge on any atom is -0.432 e. The molecular weight excluding hydrogens is 343 g/mol. The Hall–Kier alpha value is -1.94. The van der Waals surface area contributed by atoms with Crippen molar-refractivity contribution >= 4 is 34.6 Å². The number of rotatable bonds is 5. The van der Waals surface area contributed by atoms with Gasteiger partial charge in [-0.05, 0) is 49.9 Å². The summed E-state index contributed by atoms with van der Waals surface area (Å²) in [5.74, 6) is 0.0751. The van der Waals surface area contributed by atoms with E-state index in [1.807, 2.05) is 56.3 Å². The molecule has 1 heterocycles. The van der Waals surface area contributed by atoms with Gasteiger partial charge in [-0.15, -0.1) is 0 Å². The van der Waals surface area contributed by atoms with Crippen molar-refractivity contribution in [1.82, 2.24) is 0 Å². The Morgan fingerprint density at radius 2 is 1.83 bits per heavy atom. The summed E-state index contributed by atoms with van der Waals surface area (Å²) in [5.41, 5.74) is 1.06. The van der Waals surface area contributed by atoms with Gasteiger partial charge >= 0.3 is 5.63 Å². The highest BCUT2D eigenvalue weighted by atomic mass is 32.5. The van der Waals surface area contributed by atoms with E-state index in [2.05, 4.69) is 0 Å². The van der Waals surface area contributed by atoms with E-state index in [-0.39, 0.29) is 5.75 Å². The van der Waals surface area contributed by atoms with Crippen LogP contribution in [0.3, 0.4) is 0 Å². The van der Waals surface area contributed by atoms with Crippen LogP contribution in [0, 0.1) is 6.92 Å². The highest BCUT2D eigenvalue weighted by molar-refractivity contribution is 8.13. The molecule has 1 atom stereocenters.